The summed E-state index contributed by atoms with van der Waals surface area (Å²) in [5, 5.41) is 3.64. The molecule has 0 aromatic heterocycles. The van der Waals surface area contributed by atoms with Crippen LogP contribution >= 0.6 is 0 Å². The van der Waals surface area contributed by atoms with Gasteiger partial charge in [0.25, 0.3) is 0 Å². The monoisotopic (exact) mass is 292 g/mol. The Morgan fingerprint density at radius 3 is 2.33 bits per heavy atom. The molecule has 1 aromatic rings. The number of nitrogens with zero attached hydrogens (tertiary/aromatic N) is 1. The minimum atomic E-state index is 0.266. The molecule has 1 aromatic carbocycles. The minimum absolute atomic E-state index is 0.266. The lowest BCUT2D eigenvalue weighted by molar-refractivity contribution is 0.227. The average Bonchev–Trinajstić information content (AvgIpc) is 2.42. The van der Waals surface area contributed by atoms with E-state index in [0.29, 0.717) is 6.04 Å². The molecule has 1 atom stereocenters. The van der Waals surface area contributed by atoms with E-state index in [1.807, 2.05) is 0 Å². The van der Waals surface area contributed by atoms with Gasteiger partial charge in [0, 0.05) is 19.1 Å². The van der Waals surface area contributed by atoms with Crippen LogP contribution in [0.3, 0.4) is 0 Å². The maximum atomic E-state index is 5.62. The molecule has 1 unspecified atom stereocenters. The van der Waals surface area contributed by atoms with Crippen LogP contribution in [0.5, 0.6) is 5.75 Å². The number of benzene rings is 1. The second kappa shape index (κ2) is 8.40. The molecule has 0 bridgehead atoms. The molecule has 0 aliphatic rings. The normalized spacial score (nSPS) is 13.5. The van der Waals surface area contributed by atoms with Gasteiger partial charge in [-0.25, -0.2) is 0 Å². The first-order chi connectivity index (χ1) is 9.84. The smallest absolute Gasteiger partial charge is 0.119 e. The van der Waals surface area contributed by atoms with Crippen LogP contribution in [0, 0.1) is 5.41 Å². The van der Waals surface area contributed by atoms with Crippen LogP contribution < -0.4 is 10.1 Å². The molecule has 21 heavy (non-hydrogen) atoms. The van der Waals surface area contributed by atoms with Crippen molar-refractivity contribution in [3.8, 4) is 5.75 Å². The zero-order valence-corrected chi connectivity index (χ0v) is 14.6. The highest BCUT2D eigenvalue weighted by atomic mass is 16.5. The van der Waals surface area contributed by atoms with Crippen LogP contribution in [-0.2, 0) is 0 Å². The number of hydrogen-bond acceptors (Lipinski definition) is 3. The van der Waals surface area contributed by atoms with E-state index in [1.165, 1.54) is 5.56 Å². The molecule has 3 heteroatoms. The van der Waals surface area contributed by atoms with Gasteiger partial charge < -0.3 is 15.0 Å². The highest BCUT2D eigenvalue weighted by Gasteiger charge is 2.19. The quantitative estimate of drug-likeness (QED) is 0.751. The molecule has 0 aliphatic heterocycles. The van der Waals surface area contributed by atoms with Crippen molar-refractivity contribution < 1.29 is 4.74 Å². The van der Waals surface area contributed by atoms with Crippen molar-refractivity contribution in [3.63, 3.8) is 0 Å². The lowest BCUT2D eigenvalue weighted by Crippen LogP contribution is -2.38. The van der Waals surface area contributed by atoms with Gasteiger partial charge in [-0.05, 0) is 50.6 Å². The molecular weight excluding hydrogens is 260 g/mol. The zero-order chi connectivity index (χ0) is 15.9. The van der Waals surface area contributed by atoms with E-state index in [1.54, 1.807) is 0 Å². The number of nitrogens with one attached hydrogen (secondary N) is 1. The minimum Gasteiger partial charge on any atom is -0.494 e. The number of hydrogen-bond donors (Lipinski definition) is 1. The SMILES string of the molecule is CCCOc1ccc(C(C)NCC(C)(C)CN(C)C)cc1. The van der Waals surface area contributed by atoms with Gasteiger partial charge in [0.1, 0.15) is 5.75 Å². The Labute approximate surface area is 130 Å². The number of ether oxygens (including phenoxy) is 1. The van der Waals surface area contributed by atoms with E-state index in [2.05, 4.69) is 76.3 Å². The van der Waals surface area contributed by atoms with Crippen molar-refractivity contribution in [1.82, 2.24) is 10.2 Å². The summed E-state index contributed by atoms with van der Waals surface area (Å²) in [6.45, 7) is 11.8. The highest BCUT2D eigenvalue weighted by molar-refractivity contribution is 5.28. The first-order valence-electron chi connectivity index (χ1n) is 7.95. The van der Waals surface area contributed by atoms with Gasteiger partial charge in [-0.2, -0.15) is 0 Å². The third-order valence-electron chi connectivity index (χ3n) is 3.48. The summed E-state index contributed by atoms with van der Waals surface area (Å²) in [5.41, 5.74) is 1.57. The predicted molar refractivity (Wildman–Crippen MR) is 91.0 cm³/mol. The number of rotatable bonds is 9. The average molecular weight is 292 g/mol. The van der Waals surface area contributed by atoms with Crippen LogP contribution in [0.25, 0.3) is 0 Å². The molecule has 1 N–H and O–H groups in total. The van der Waals surface area contributed by atoms with Crippen molar-refractivity contribution in [2.24, 2.45) is 5.41 Å². The maximum absolute atomic E-state index is 5.62. The summed E-state index contributed by atoms with van der Waals surface area (Å²) in [7, 11) is 4.25. The van der Waals surface area contributed by atoms with Crippen molar-refractivity contribution in [2.75, 3.05) is 33.8 Å². The summed E-state index contributed by atoms with van der Waals surface area (Å²) in [6, 6.07) is 8.79. The second-order valence-corrected chi connectivity index (χ2v) is 6.92. The molecule has 0 saturated carbocycles. The fourth-order valence-corrected chi connectivity index (χ4v) is 2.53. The maximum Gasteiger partial charge on any atom is 0.119 e. The summed E-state index contributed by atoms with van der Waals surface area (Å²) >= 11 is 0. The summed E-state index contributed by atoms with van der Waals surface area (Å²) in [4.78, 5) is 2.24. The van der Waals surface area contributed by atoms with Crippen LogP contribution in [0.15, 0.2) is 24.3 Å². The molecule has 120 valence electrons. The third kappa shape index (κ3) is 6.96. The van der Waals surface area contributed by atoms with Crippen LogP contribution in [0.1, 0.15) is 45.7 Å². The molecular formula is C18H32N2O. The topological polar surface area (TPSA) is 24.5 Å². The van der Waals surface area contributed by atoms with E-state index >= 15 is 0 Å². The Bertz CT molecular complexity index is 398. The second-order valence-electron chi connectivity index (χ2n) is 6.92. The largest absolute Gasteiger partial charge is 0.494 e. The Morgan fingerprint density at radius 1 is 1.19 bits per heavy atom. The van der Waals surface area contributed by atoms with E-state index in [4.69, 9.17) is 4.74 Å². The van der Waals surface area contributed by atoms with Gasteiger partial charge in [0.05, 0.1) is 6.61 Å². The molecule has 0 spiro atoms. The highest BCUT2D eigenvalue weighted by Crippen LogP contribution is 2.20. The molecule has 1 rings (SSSR count). The molecule has 0 aliphatic carbocycles. The summed E-state index contributed by atoms with van der Waals surface area (Å²) in [5.74, 6) is 0.959. The van der Waals surface area contributed by atoms with Crippen LogP contribution in [-0.4, -0.2) is 38.7 Å². The van der Waals surface area contributed by atoms with Gasteiger partial charge in [-0.15, -0.1) is 0 Å². The molecule has 0 radical (unpaired) electrons. The van der Waals surface area contributed by atoms with Gasteiger partial charge >= 0.3 is 0 Å². The lowest BCUT2D eigenvalue weighted by Gasteiger charge is -2.30. The first-order valence-corrected chi connectivity index (χ1v) is 7.95. The third-order valence-corrected chi connectivity index (χ3v) is 3.48. The molecule has 0 amide bonds. The fourth-order valence-electron chi connectivity index (χ4n) is 2.53. The first kappa shape index (κ1) is 18.0. The molecule has 0 saturated heterocycles. The van der Waals surface area contributed by atoms with E-state index in [-0.39, 0.29) is 5.41 Å². The summed E-state index contributed by atoms with van der Waals surface area (Å²) in [6.07, 6.45) is 1.04. The van der Waals surface area contributed by atoms with Gasteiger partial charge in [0.15, 0.2) is 0 Å². The molecule has 0 fully saturated rings. The van der Waals surface area contributed by atoms with E-state index in [0.717, 1.165) is 31.9 Å². The van der Waals surface area contributed by atoms with Crippen molar-refractivity contribution in [2.45, 2.75) is 40.2 Å². The Balaban J connectivity index is 2.49. The van der Waals surface area contributed by atoms with E-state index in [9.17, 15) is 0 Å². The van der Waals surface area contributed by atoms with Crippen molar-refractivity contribution >= 4 is 0 Å². The van der Waals surface area contributed by atoms with Gasteiger partial charge in [-0.1, -0.05) is 32.9 Å². The standard InChI is InChI=1S/C18H32N2O/c1-7-12-21-17-10-8-16(9-11-17)15(2)19-13-18(3,4)14-20(5)6/h8-11,15,19H,7,12-14H2,1-6H3. The fraction of sp³-hybridized carbons (Fsp3) is 0.667. The molecule has 3 nitrogen and oxygen atoms in total. The zero-order valence-electron chi connectivity index (χ0n) is 14.6. The van der Waals surface area contributed by atoms with Crippen molar-refractivity contribution in [1.29, 1.82) is 0 Å². The van der Waals surface area contributed by atoms with Gasteiger partial charge in [0.2, 0.25) is 0 Å². The van der Waals surface area contributed by atoms with E-state index < -0.39 is 0 Å². The Kier molecular flexibility index (Phi) is 7.20. The predicted octanol–water partition coefficient (Wildman–Crippen LogP) is 3.71. The van der Waals surface area contributed by atoms with Gasteiger partial charge in [-0.3, -0.25) is 0 Å². The lowest BCUT2D eigenvalue weighted by atomic mass is 9.92. The Morgan fingerprint density at radius 2 is 1.81 bits per heavy atom. The Hall–Kier alpha value is -1.06. The van der Waals surface area contributed by atoms with Crippen LogP contribution in [0.4, 0.5) is 0 Å². The molecule has 0 heterocycles. The van der Waals surface area contributed by atoms with Crippen LogP contribution in [0.2, 0.25) is 0 Å². The summed E-state index contributed by atoms with van der Waals surface area (Å²) < 4.78 is 5.62. The van der Waals surface area contributed by atoms with Crippen molar-refractivity contribution in [3.05, 3.63) is 29.8 Å².